The molecule has 1 aromatic carbocycles. The summed E-state index contributed by atoms with van der Waals surface area (Å²) < 4.78 is 0. The van der Waals surface area contributed by atoms with Crippen molar-refractivity contribution in [2.45, 2.75) is 31.8 Å². The Bertz CT molecular complexity index is 948. The number of halogens is 1. The van der Waals surface area contributed by atoms with Gasteiger partial charge in [0.05, 0.1) is 10.7 Å². The van der Waals surface area contributed by atoms with Crippen LogP contribution in [0.3, 0.4) is 0 Å². The summed E-state index contributed by atoms with van der Waals surface area (Å²) in [4.78, 5) is 38.2. The number of carbonyl (C=O) groups excluding carboxylic acids is 1. The van der Waals surface area contributed by atoms with Gasteiger partial charge in [0.2, 0.25) is 5.91 Å². The number of rotatable bonds is 10. The minimum absolute atomic E-state index is 0.0347. The standard InChI is InChI=1S/C22H29ClN6O3S/c1-3-9-27(10-4-2)20-15-19(23)24-22(25-20)33-16-21(30)28-13-11-26(12-14-28)17-5-7-18(8-6-17)29(31)32/h5-8,15H,3-4,9-14,16H2,1-2H3. The van der Waals surface area contributed by atoms with Crippen LogP contribution in [-0.4, -0.2) is 70.7 Å². The SMILES string of the molecule is CCCN(CCC)c1cc(Cl)nc(SCC(=O)N2CCN(c3ccc([N+](=O)[O-])cc3)CC2)n1. The van der Waals surface area contributed by atoms with Gasteiger partial charge in [0.25, 0.3) is 5.69 Å². The molecule has 0 N–H and O–H groups in total. The van der Waals surface area contributed by atoms with Gasteiger partial charge in [-0.1, -0.05) is 37.2 Å². The molecule has 0 bridgehead atoms. The summed E-state index contributed by atoms with van der Waals surface area (Å²) >= 11 is 7.53. The molecule has 33 heavy (non-hydrogen) atoms. The summed E-state index contributed by atoms with van der Waals surface area (Å²) in [7, 11) is 0. The third kappa shape index (κ3) is 6.94. The fourth-order valence-electron chi connectivity index (χ4n) is 3.71. The summed E-state index contributed by atoms with van der Waals surface area (Å²) in [6.07, 6.45) is 2.02. The molecular weight excluding hydrogens is 464 g/mol. The number of nitrogens with zero attached hydrogens (tertiary/aromatic N) is 6. The highest BCUT2D eigenvalue weighted by molar-refractivity contribution is 7.99. The van der Waals surface area contributed by atoms with E-state index in [0.717, 1.165) is 37.4 Å². The number of nitro groups is 1. The molecule has 0 spiro atoms. The summed E-state index contributed by atoms with van der Waals surface area (Å²) in [6.45, 7) is 8.58. The fraction of sp³-hybridized carbons (Fsp3) is 0.500. The Hall–Kier alpha value is -2.59. The molecule has 9 nitrogen and oxygen atoms in total. The second-order valence-electron chi connectivity index (χ2n) is 7.75. The molecule has 0 radical (unpaired) electrons. The van der Waals surface area contributed by atoms with E-state index in [1.54, 1.807) is 18.2 Å². The smallest absolute Gasteiger partial charge is 0.269 e. The van der Waals surface area contributed by atoms with Crippen molar-refractivity contribution in [1.29, 1.82) is 0 Å². The van der Waals surface area contributed by atoms with Crippen molar-refractivity contribution in [3.8, 4) is 0 Å². The second-order valence-corrected chi connectivity index (χ2v) is 9.08. The zero-order chi connectivity index (χ0) is 23.8. The van der Waals surface area contributed by atoms with Gasteiger partial charge in [-0.2, -0.15) is 0 Å². The lowest BCUT2D eigenvalue weighted by molar-refractivity contribution is -0.384. The molecule has 0 saturated carbocycles. The number of piperazine rings is 1. The van der Waals surface area contributed by atoms with Crippen LogP contribution < -0.4 is 9.80 Å². The van der Waals surface area contributed by atoms with E-state index in [2.05, 4.69) is 33.6 Å². The van der Waals surface area contributed by atoms with Gasteiger partial charge in [0.15, 0.2) is 5.16 Å². The predicted molar refractivity (Wildman–Crippen MR) is 132 cm³/mol. The summed E-state index contributed by atoms with van der Waals surface area (Å²) in [5.74, 6) is 1.08. The Balaban J connectivity index is 1.53. The van der Waals surface area contributed by atoms with Gasteiger partial charge in [0, 0.05) is 63.2 Å². The maximum atomic E-state index is 12.8. The zero-order valence-electron chi connectivity index (χ0n) is 18.9. The van der Waals surface area contributed by atoms with Crippen molar-refractivity contribution < 1.29 is 9.72 Å². The highest BCUT2D eigenvalue weighted by Gasteiger charge is 2.22. The van der Waals surface area contributed by atoms with E-state index < -0.39 is 4.92 Å². The molecule has 1 aromatic heterocycles. The topological polar surface area (TPSA) is 95.7 Å². The van der Waals surface area contributed by atoms with E-state index in [1.807, 2.05) is 4.90 Å². The van der Waals surface area contributed by atoms with Crippen molar-refractivity contribution in [1.82, 2.24) is 14.9 Å². The molecule has 1 amide bonds. The van der Waals surface area contributed by atoms with Crippen LogP contribution in [0.1, 0.15) is 26.7 Å². The molecule has 1 aliphatic heterocycles. The van der Waals surface area contributed by atoms with Crippen LogP contribution in [0.2, 0.25) is 5.15 Å². The molecule has 1 saturated heterocycles. The third-order valence-electron chi connectivity index (χ3n) is 5.35. The van der Waals surface area contributed by atoms with E-state index in [9.17, 15) is 14.9 Å². The fourth-order valence-corrected chi connectivity index (χ4v) is 4.69. The van der Waals surface area contributed by atoms with Crippen molar-refractivity contribution >= 4 is 46.5 Å². The largest absolute Gasteiger partial charge is 0.368 e. The molecule has 2 heterocycles. The number of non-ortho nitro benzene ring substituents is 1. The number of nitro benzene ring substituents is 1. The summed E-state index contributed by atoms with van der Waals surface area (Å²) in [5.41, 5.74) is 0.995. The van der Waals surface area contributed by atoms with E-state index >= 15 is 0 Å². The Morgan fingerprint density at radius 2 is 1.76 bits per heavy atom. The Kier molecular flexibility index (Phi) is 9.13. The van der Waals surface area contributed by atoms with Crippen molar-refractivity contribution in [2.24, 2.45) is 0 Å². The second kappa shape index (κ2) is 12.0. The maximum absolute atomic E-state index is 12.8. The quantitative estimate of drug-likeness (QED) is 0.161. The molecule has 0 aliphatic carbocycles. The zero-order valence-corrected chi connectivity index (χ0v) is 20.5. The van der Waals surface area contributed by atoms with Crippen LogP contribution >= 0.6 is 23.4 Å². The number of hydrogen-bond acceptors (Lipinski definition) is 8. The lowest BCUT2D eigenvalue weighted by atomic mass is 10.2. The number of amides is 1. The van der Waals surface area contributed by atoms with Gasteiger partial charge >= 0.3 is 0 Å². The molecule has 178 valence electrons. The predicted octanol–water partition coefficient (Wildman–Crippen LogP) is 4.11. The van der Waals surface area contributed by atoms with Crippen LogP contribution in [0.5, 0.6) is 0 Å². The first-order chi connectivity index (χ1) is 15.9. The molecular formula is C22H29ClN6O3S. The number of benzene rings is 1. The first-order valence-corrected chi connectivity index (χ1v) is 12.5. The minimum atomic E-state index is -0.407. The Labute approximate surface area is 203 Å². The molecule has 11 heteroatoms. The van der Waals surface area contributed by atoms with E-state index in [4.69, 9.17) is 11.6 Å². The van der Waals surface area contributed by atoms with Crippen molar-refractivity contribution in [3.63, 3.8) is 0 Å². The van der Waals surface area contributed by atoms with Gasteiger partial charge in [-0.25, -0.2) is 9.97 Å². The average Bonchev–Trinajstić information content (AvgIpc) is 2.82. The van der Waals surface area contributed by atoms with Gasteiger partial charge in [0.1, 0.15) is 11.0 Å². The highest BCUT2D eigenvalue weighted by Crippen LogP contribution is 2.24. The number of thioether (sulfide) groups is 1. The first-order valence-electron chi connectivity index (χ1n) is 11.1. The van der Waals surface area contributed by atoms with E-state index in [-0.39, 0.29) is 17.3 Å². The van der Waals surface area contributed by atoms with Gasteiger partial charge in [-0.15, -0.1) is 0 Å². The number of hydrogen-bond donors (Lipinski definition) is 0. The highest BCUT2D eigenvalue weighted by atomic mass is 35.5. The third-order valence-corrected chi connectivity index (χ3v) is 6.38. The normalized spacial score (nSPS) is 13.8. The Morgan fingerprint density at radius 1 is 1.12 bits per heavy atom. The molecule has 1 fully saturated rings. The van der Waals surface area contributed by atoms with Crippen LogP contribution in [0.15, 0.2) is 35.5 Å². The van der Waals surface area contributed by atoms with Gasteiger partial charge in [-0.05, 0) is 25.0 Å². The van der Waals surface area contributed by atoms with Crippen LogP contribution in [0.4, 0.5) is 17.2 Å². The van der Waals surface area contributed by atoms with Gasteiger partial charge in [-0.3, -0.25) is 14.9 Å². The minimum Gasteiger partial charge on any atom is -0.368 e. The van der Waals surface area contributed by atoms with Crippen molar-refractivity contribution in [3.05, 3.63) is 45.6 Å². The van der Waals surface area contributed by atoms with E-state index in [1.165, 1.54) is 23.9 Å². The maximum Gasteiger partial charge on any atom is 0.269 e. The lowest BCUT2D eigenvalue weighted by Crippen LogP contribution is -2.49. The summed E-state index contributed by atoms with van der Waals surface area (Å²) in [6, 6.07) is 8.28. The van der Waals surface area contributed by atoms with Crippen LogP contribution in [0.25, 0.3) is 0 Å². The monoisotopic (exact) mass is 492 g/mol. The number of aromatic nitrogens is 2. The molecule has 0 unspecified atom stereocenters. The molecule has 2 aromatic rings. The lowest BCUT2D eigenvalue weighted by Gasteiger charge is -2.36. The molecule has 1 aliphatic rings. The van der Waals surface area contributed by atoms with Crippen LogP contribution in [-0.2, 0) is 4.79 Å². The van der Waals surface area contributed by atoms with Gasteiger partial charge < -0.3 is 14.7 Å². The molecule has 0 atom stereocenters. The van der Waals surface area contributed by atoms with Crippen molar-refractivity contribution in [2.75, 3.05) is 54.8 Å². The first kappa shape index (κ1) is 25.0. The van der Waals surface area contributed by atoms with Crippen LogP contribution in [0, 0.1) is 10.1 Å². The number of anilines is 2. The average molecular weight is 493 g/mol. The number of carbonyl (C=O) groups is 1. The molecule has 3 rings (SSSR count). The summed E-state index contributed by atoms with van der Waals surface area (Å²) in [5, 5.41) is 11.7. The Morgan fingerprint density at radius 3 is 2.33 bits per heavy atom. The van der Waals surface area contributed by atoms with E-state index in [0.29, 0.717) is 36.5 Å².